The van der Waals surface area contributed by atoms with Crippen LogP contribution in [0.1, 0.15) is 22.5 Å². The first-order chi connectivity index (χ1) is 12.8. The first-order valence-corrected chi connectivity index (χ1v) is 10.8. The molecular formula is C19H25N3O3S2. The van der Waals surface area contributed by atoms with Crippen LogP contribution in [0.3, 0.4) is 0 Å². The molecule has 1 fully saturated rings. The summed E-state index contributed by atoms with van der Waals surface area (Å²) < 4.78 is 33.1. The zero-order valence-electron chi connectivity index (χ0n) is 15.9. The topological polar surface area (TPSA) is 65.8 Å². The SMILES string of the molecule is Cc1cc(C)c(S(=O)(=O)N2CCN(C(=S)NCc3ccco3)CC2)c(C)c1. The van der Waals surface area contributed by atoms with Crippen LogP contribution in [0.15, 0.2) is 39.8 Å². The summed E-state index contributed by atoms with van der Waals surface area (Å²) in [7, 11) is -3.51. The van der Waals surface area contributed by atoms with E-state index in [1.54, 1.807) is 10.6 Å². The molecule has 0 radical (unpaired) electrons. The number of hydrogen-bond acceptors (Lipinski definition) is 4. The maximum absolute atomic E-state index is 13.1. The van der Waals surface area contributed by atoms with Crippen molar-refractivity contribution >= 4 is 27.4 Å². The van der Waals surface area contributed by atoms with Crippen LogP contribution in [-0.4, -0.2) is 48.9 Å². The summed E-state index contributed by atoms with van der Waals surface area (Å²) in [6.07, 6.45) is 1.62. The van der Waals surface area contributed by atoms with Gasteiger partial charge in [0.2, 0.25) is 10.0 Å². The first-order valence-electron chi connectivity index (χ1n) is 8.92. The van der Waals surface area contributed by atoms with Gasteiger partial charge in [-0.3, -0.25) is 0 Å². The molecule has 1 aliphatic rings. The van der Waals surface area contributed by atoms with E-state index in [-0.39, 0.29) is 0 Å². The Morgan fingerprint density at radius 1 is 1.15 bits per heavy atom. The van der Waals surface area contributed by atoms with Crippen molar-refractivity contribution < 1.29 is 12.8 Å². The van der Waals surface area contributed by atoms with Crippen LogP contribution in [0.25, 0.3) is 0 Å². The monoisotopic (exact) mass is 407 g/mol. The number of rotatable bonds is 4. The van der Waals surface area contributed by atoms with Crippen molar-refractivity contribution in [1.29, 1.82) is 0 Å². The summed E-state index contributed by atoms with van der Waals surface area (Å²) >= 11 is 5.43. The minimum Gasteiger partial charge on any atom is -0.467 e. The van der Waals surface area contributed by atoms with Crippen LogP contribution in [-0.2, 0) is 16.6 Å². The molecule has 2 heterocycles. The molecule has 27 heavy (non-hydrogen) atoms. The Morgan fingerprint density at radius 2 is 1.78 bits per heavy atom. The highest BCUT2D eigenvalue weighted by Gasteiger charge is 2.31. The van der Waals surface area contributed by atoms with E-state index in [0.717, 1.165) is 22.5 Å². The van der Waals surface area contributed by atoms with Gasteiger partial charge >= 0.3 is 0 Å². The van der Waals surface area contributed by atoms with Crippen LogP contribution < -0.4 is 5.32 Å². The number of nitrogens with zero attached hydrogens (tertiary/aromatic N) is 2. The molecule has 1 aromatic carbocycles. The highest BCUT2D eigenvalue weighted by Crippen LogP contribution is 2.26. The average molecular weight is 408 g/mol. The Bertz CT molecular complexity index is 893. The summed E-state index contributed by atoms with van der Waals surface area (Å²) in [5.41, 5.74) is 2.66. The van der Waals surface area contributed by atoms with Gasteiger partial charge in [-0.15, -0.1) is 0 Å². The summed E-state index contributed by atoms with van der Waals surface area (Å²) in [6, 6.07) is 7.55. The Kier molecular flexibility index (Phi) is 5.88. The molecule has 1 N–H and O–H groups in total. The van der Waals surface area contributed by atoms with Crippen molar-refractivity contribution in [3.8, 4) is 0 Å². The molecule has 6 nitrogen and oxygen atoms in total. The standard InChI is InChI=1S/C19H25N3O3S2/c1-14-11-15(2)18(16(3)12-14)27(23,24)22-8-6-21(7-9-22)19(26)20-13-17-5-4-10-25-17/h4-5,10-12H,6-9,13H2,1-3H3,(H,20,26). The van der Waals surface area contributed by atoms with Gasteiger partial charge in [0.15, 0.2) is 5.11 Å². The van der Waals surface area contributed by atoms with Crippen LogP contribution in [0.2, 0.25) is 0 Å². The minimum atomic E-state index is -3.51. The van der Waals surface area contributed by atoms with Crippen LogP contribution in [0.4, 0.5) is 0 Å². The molecule has 0 aliphatic carbocycles. The lowest BCUT2D eigenvalue weighted by Crippen LogP contribution is -2.53. The van der Waals surface area contributed by atoms with Gasteiger partial charge in [0.05, 0.1) is 17.7 Å². The highest BCUT2D eigenvalue weighted by molar-refractivity contribution is 7.89. The highest BCUT2D eigenvalue weighted by atomic mass is 32.2. The largest absolute Gasteiger partial charge is 0.467 e. The molecule has 0 spiro atoms. The van der Waals surface area contributed by atoms with E-state index in [4.69, 9.17) is 16.6 Å². The summed E-state index contributed by atoms with van der Waals surface area (Å²) in [4.78, 5) is 2.43. The van der Waals surface area contributed by atoms with Gasteiger partial charge in [0.25, 0.3) is 0 Å². The van der Waals surface area contributed by atoms with E-state index < -0.39 is 10.0 Å². The summed E-state index contributed by atoms with van der Waals surface area (Å²) in [5.74, 6) is 0.809. The van der Waals surface area contributed by atoms with Crippen molar-refractivity contribution in [2.45, 2.75) is 32.2 Å². The van der Waals surface area contributed by atoms with E-state index in [1.165, 1.54) is 0 Å². The van der Waals surface area contributed by atoms with E-state index in [1.807, 2.05) is 49.9 Å². The molecule has 0 bridgehead atoms. The van der Waals surface area contributed by atoms with Crippen LogP contribution in [0.5, 0.6) is 0 Å². The lowest BCUT2D eigenvalue weighted by Gasteiger charge is -2.36. The van der Waals surface area contributed by atoms with E-state index in [2.05, 4.69) is 5.32 Å². The zero-order valence-corrected chi connectivity index (χ0v) is 17.5. The zero-order chi connectivity index (χ0) is 19.6. The maximum Gasteiger partial charge on any atom is 0.243 e. The molecule has 0 amide bonds. The molecule has 3 rings (SSSR count). The molecule has 0 atom stereocenters. The predicted octanol–water partition coefficient (Wildman–Crippen LogP) is 2.59. The molecule has 146 valence electrons. The number of sulfonamides is 1. The minimum absolute atomic E-state index is 0.414. The maximum atomic E-state index is 13.1. The number of nitrogens with one attached hydrogen (secondary N) is 1. The van der Waals surface area contributed by atoms with Gasteiger partial charge in [-0.25, -0.2) is 8.42 Å². The van der Waals surface area contributed by atoms with Gasteiger partial charge in [-0.2, -0.15) is 4.31 Å². The molecule has 1 saturated heterocycles. The van der Waals surface area contributed by atoms with E-state index in [9.17, 15) is 8.42 Å². The van der Waals surface area contributed by atoms with Gasteiger partial charge in [0.1, 0.15) is 5.76 Å². The smallest absolute Gasteiger partial charge is 0.243 e. The second-order valence-electron chi connectivity index (χ2n) is 6.86. The third-order valence-electron chi connectivity index (χ3n) is 4.72. The average Bonchev–Trinajstić information content (AvgIpc) is 3.12. The molecule has 2 aromatic rings. The van der Waals surface area contributed by atoms with Gasteiger partial charge in [-0.1, -0.05) is 17.7 Å². The van der Waals surface area contributed by atoms with Gasteiger partial charge in [0, 0.05) is 26.2 Å². The van der Waals surface area contributed by atoms with Crippen molar-refractivity contribution in [3.05, 3.63) is 53.0 Å². The number of benzene rings is 1. The molecular weight excluding hydrogens is 382 g/mol. The normalized spacial score (nSPS) is 15.7. The Labute approximate surface area is 166 Å². The van der Waals surface area contributed by atoms with Gasteiger partial charge < -0.3 is 14.6 Å². The molecule has 1 aliphatic heterocycles. The Balaban J connectivity index is 1.64. The fourth-order valence-corrected chi connectivity index (χ4v) is 5.61. The van der Waals surface area contributed by atoms with Crippen molar-refractivity contribution in [2.75, 3.05) is 26.2 Å². The molecule has 0 unspecified atom stereocenters. The number of hydrogen-bond donors (Lipinski definition) is 1. The molecule has 0 saturated carbocycles. The Hall–Kier alpha value is -1.90. The third-order valence-corrected chi connectivity index (χ3v) is 7.33. The lowest BCUT2D eigenvalue weighted by atomic mass is 10.1. The fourth-order valence-electron chi connectivity index (χ4n) is 3.52. The van der Waals surface area contributed by atoms with Crippen molar-refractivity contribution in [2.24, 2.45) is 0 Å². The number of furan rings is 1. The molecule has 8 heteroatoms. The quantitative estimate of drug-likeness (QED) is 0.786. The van der Waals surface area contributed by atoms with Crippen molar-refractivity contribution in [1.82, 2.24) is 14.5 Å². The Morgan fingerprint density at radius 3 is 2.33 bits per heavy atom. The summed E-state index contributed by atoms with van der Waals surface area (Å²) in [5, 5.41) is 3.78. The van der Waals surface area contributed by atoms with E-state index >= 15 is 0 Å². The van der Waals surface area contributed by atoms with Crippen LogP contribution in [0, 0.1) is 20.8 Å². The van der Waals surface area contributed by atoms with Crippen molar-refractivity contribution in [3.63, 3.8) is 0 Å². The first kappa shape index (κ1) is 19.9. The lowest BCUT2D eigenvalue weighted by molar-refractivity contribution is 0.263. The predicted molar refractivity (Wildman–Crippen MR) is 109 cm³/mol. The molecule has 1 aromatic heterocycles. The fraction of sp³-hybridized carbons (Fsp3) is 0.421. The second kappa shape index (κ2) is 8.00. The number of aryl methyl sites for hydroxylation is 3. The summed E-state index contributed by atoms with van der Waals surface area (Å²) in [6.45, 7) is 8.17. The van der Waals surface area contributed by atoms with Gasteiger partial charge in [-0.05, 0) is 56.2 Å². The number of thiocarbonyl (C=S) groups is 1. The van der Waals surface area contributed by atoms with E-state index in [0.29, 0.717) is 42.7 Å². The van der Waals surface area contributed by atoms with Crippen LogP contribution >= 0.6 is 12.2 Å². The third kappa shape index (κ3) is 4.34. The number of piperazine rings is 1. The second-order valence-corrected chi connectivity index (χ2v) is 9.12.